The molecule has 6 heteroatoms. The smallest absolute Gasteiger partial charge is 0.408 e. The minimum atomic E-state index is -0.828. The Balaban J connectivity index is 2.16. The summed E-state index contributed by atoms with van der Waals surface area (Å²) >= 11 is 0. The number of aromatic nitrogens is 1. The first kappa shape index (κ1) is 16.9. The number of methoxy groups -OCH3 is 1. The van der Waals surface area contributed by atoms with Crippen molar-refractivity contribution in [3.05, 3.63) is 36.5 Å². The summed E-state index contributed by atoms with van der Waals surface area (Å²) in [4.78, 5) is 23.9. The van der Waals surface area contributed by atoms with E-state index in [-0.39, 0.29) is 6.54 Å². The van der Waals surface area contributed by atoms with Crippen LogP contribution in [-0.4, -0.2) is 35.4 Å². The van der Waals surface area contributed by atoms with Crippen molar-refractivity contribution in [1.82, 2.24) is 9.88 Å². The van der Waals surface area contributed by atoms with Gasteiger partial charge in [0.25, 0.3) is 0 Å². The topological polar surface area (TPSA) is 69.6 Å². The van der Waals surface area contributed by atoms with Crippen LogP contribution in [0.1, 0.15) is 20.8 Å². The molecular weight excluding hydrogens is 296 g/mol. The molecule has 0 aliphatic rings. The molecule has 1 N–H and O–H groups in total. The van der Waals surface area contributed by atoms with Crippen LogP contribution in [0.15, 0.2) is 36.5 Å². The molecule has 2 rings (SSSR count). The lowest BCUT2D eigenvalue weighted by Gasteiger charge is -2.23. The van der Waals surface area contributed by atoms with Gasteiger partial charge in [-0.25, -0.2) is 9.59 Å². The summed E-state index contributed by atoms with van der Waals surface area (Å²) in [5.74, 6) is -0.520. The van der Waals surface area contributed by atoms with Crippen molar-refractivity contribution in [3.8, 4) is 0 Å². The molecule has 0 saturated heterocycles. The van der Waals surface area contributed by atoms with Crippen LogP contribution < -0.4 is 5.32 Å². The molecule has 2 aromatic rings. The highest BCUT2D eigenvalue weighted by molar-refractivity contribution is 5.83. The van der Waals surface area contributed by atoms with Crippen LogP contribution in [0.25, 0.3) is 10.9 Å². The number of carbonyl (C=O) groups excluding carboxylic acids is 2. The highest BCUT2D eigenvalue weighted by atomic mass is 16.6. The quantitative estimate of drug-likeness (QED) is 0.880. The molecule has 1 amide bonds. The van der Waals surface area contributed by atoms with Crippen molar-refractivity contribution < 1.29 is 19.1 Å². The summed E-state index contributed by atoms with van der Waals surface area (Å²) in [7, 11) is 1.29. The van der Waals surface area contributed by atoms with E-state index < -0.39 is 23.7 Å². The van der Waals surface area contributed by atoms with E-state index in [1.165, 1.54) is 7.11 Å². The molecule has 1 heterocycles. The second kappa shape index (κ2) is 6.73. The Morgan fingerprint density at radius 1 is 1.22 bits per heavy atom. The average Bonchev–Trinajstić information content (AvgIpc) is 2.87. The second-order valence-electron chi connectivity index (χ2n) is 6.25. The molecule has 1 aromatic heterocycles. The highest BCUT2D eigenvalue weighted by Gasteiger charge is 2.25. The van der Waals surface area contributed by atoms with E-state index >= 15 is 0 Å². The van der Waals surface area contributed by atoms with Gasteiger partial charge in [0.15, 0.2) is 0 Å². The standard InChI is InChI=1S/C17H22N2O4/c1-17(2,3)23-16(21)18-13(15(20)22-4)11-19-10-9-12-7-5-6-8-14(12)19/h5-10,13H,11H2,1-4H3,(H,18,21)/t13-/m1/s1. The van der Waals surface area contributed by atoms with E-state index in [1.54, 1.807) is 20.8 Å². The van der Waals surface area contributed by atoms with Gasteiger partial charge >= 0.3 is 12.1 Å². The van der Waals surface area contributed by atoms with Crippen LogP contribution in [0.3, 0.4) is 0 Å². The Kier molecular flexibility index (Phi) is 4.93. The van der Waals surface area contributed by atoms with Crippen molar-refractivity contribution in [3.63, 3.8) is 0 Å². The lowest BCUT2D eigenvalue weighted by molar-refractivity contribution is -0.143. The molecule has 0 aliphatic carbocycles. The number of benzene rings is 1. The number of ether oxygens (including phenoxy) is 2. The molecule has 0 unspecified atom stereocenters. The molecule has 124 valence electrons. The van der Waals surface area contributed by atoms with Gasteiger partial charge < -0.3 is 19.4 Å². The molecule has 0 saturated carbocycles. The minimum Gasteiger partial charge on any atom is -0.467 e. The van der Waals surface area contributed by atoms with E-state index in [2.05, 4.69) is 5.32 Å². The predicted octanol–water partition coefficient (Wildman–Crippen LogP) is 2.71. The minimum absolute atomic E-state index is 0.263. The number of alkyl carbamates (subject to hydrolysis) is 1. The molecule has 0 radical (unpaired) electrons. The molecule has 0 spiro atoms. The van der Waals surface area contributed by atoms with Crippen molar-refractivity contribution in [2.75, 3.05) is 7.11 Å². The van der Waals surface area contributed by atoms with Gasteiger partial charge in [-0.3, -0.25) is 0 Å². The summed E-state index contributed by atoms with van der Waals surface area (Å²) in [6.07, 6.45) is 1.22. The number of amides is 1. The van der Waals surface area contributed by atoms with Crippen LogP contribution in [0.4, 0.5) is 4.79 Å². The molecule has 23 heavy (non-hydrogen) atoms. The fourth-order valence-corrected chi connectivity index (χ4v) is 2.27. The molecule has 1 aromatic carbocycles. The van der Waals surface area contributed by atoms with E-state index in [4.69, 9.17) is 9.47 Å². The van der Waals surface area contributed by atoms with Crippen LogP contribution in [-0.2, 0) is 20.8 Å². The van der Waals surface area contributed by atoms with Gasteiger partial charge in [-0.05, 0) is 38.3 Å². The molecular formula is C17H22N2O4. The Hall–Kier alpha value is -2.50. The van der Waals surface area contributed by atoms with Gasteiger partial charge in [-0.2, -0.15) is 0 Å². The largest absolute Gasteiger partial charge is 0.467 e. The second-order valence-corrected chi connectivity index (χ2v) is 6.25. The predicted molar refractivity (Wildman–Crippen MR) is 87.1 cm³/mol. The maximum atomic E-state index is 12.0. The zero-order chi connectivity index (χ0) is 17.0. The molecule has 0 bridgehead atoms. The maximum Gasteiger partial charge on any atom is 0.408 e. The Labute approximate surface area is 135 Å². The van der Waals surface area contributed by atoms with Gasteiger partial charge in [0.05, 0.1) is 13.7 Å². The number of nitrogens with zero attached hydrogens (tertiary/aromatic N) is 1. The van der Waals surface area contributed by atoms with Crippen molar-refractivity contribution >= 4 is 23.0 Å². The first-order chi connectivity index (χ1) is 10.8. The first-order valence-corrected chi connectivity index (χ1v) is 7.41. The summed E-state index contributed by atoms with van der Waals surface area (Å²) in [5.41, 5.74) is 0.345. The van der Waals surface area contributed by atoms with Crippen LogP contribution in [0.5, 0.6) is 0 Å². The first-order valence-electron chi connectivity index (χ1n) is 7.41. The number of hydrogen-bond acceptors (Lipinski definition) is 4. The van der Waals surface area contributed by atoms with E-state index in [1.807, 2.05) is 41.1 Å². The number of carbonyl (C=O) groups is 2. The summed E-state index contributed by atoms with van der Waals surface area (Å²) in [6.45, 7) is 5.55. The molecule has 0 aliphatic heterocycles. The Morgan fingerprint density at radius 2 is 1.91 bits per heavy atom. The molecule has 0 fully saturated rings. The highest BCUT2D eigenvalue weighted by Crippen LogP contribution is 2.16. The summed E-state index contributed by atoms with van der Waals surface area (Å²) < 4.78 is 11.9. The van der Waals surface area contributed by atoms with Gasteiger partial charge in [0.1, 0.15) is 11.6 Å². The fraction of sp³-hybridized carbons (Fsp3) is 0.412. The monoisotopic (exact) mass is 318 g/mol. The number of esters is 1. The lowest BCUT2D eigenvalue weighted by atomic mass is 10.2. The van der Waals surface area contributed by atoms with Crippen LogP contribution in [0.2, 0.25) is 0 Å². The zero-order valence-electron chi connectivity index (χ0n) is 13.8. The third kappa shape index (κ3) is 4.48. The van der Waals surface area contributed by atoms with Crippen molar-refractivity contribution in [1.29, 1.82) is 0 Å². The lowest BCUT2D eigenvalue weighted by Crippen LogP contribution is -2.46. The molecule has 1 atom stereocenters. The van der Waals surface area contributed by atoms with Crippen molar-refractivity contribution in [2.45, 2.75) is 39.0 Å². The number of nitrogens with one attached hydrogen (secondary N) is 1. The van der Waals surface area contributed by atoms with Crippen molar-refractivity contribution in [2.24, 2.45) is 0 Å². The fourth-order valence-electron chi connectivity index (χ4n) is 2.27. The van der Waals surface area contributed by atoms with Gasteiger partial charge in [0, 0.05) is 11.7 Å². The number of rotatable bonds is 4. The number of hydrogen-bond donors (Lipinski definition) is 1. The van der Waals surface area contributed by atoms with Crippen LogP contribution in [0, 0.1) is 0 Å². The van der Waals surface area contributed by atoms with E-state index in [0.29, 0.717) is 0 Å². The van der Waals surface area contributed by atoms with Gasteiger partial charge in [0.2, 0.25) is 0 Å². The van der Waals surface area contributed by atoms with Gasteiger partial charge in [-0.1, -0.05) is 18.2 Å². The van der Waals surface area contributed by atoms with Crippen LogP contribution >= 0.6 is 0 Å². The average molecular weight is 318 g/mol. The van der Waals surface area contributed by atoms with Gasteiger partial charge in [-0.15, -0.1) is 0 Å². The zero-order valence-corrected chi connectivity index (χ0v) is 13.8. The normalized spacial score (nSPS) is 12.7. The maximum absolute atomic E-state index is 12.0. The number of para-hydroxylation sites is 1. The third-order valence-electron chi connectivity index (χ3n) is 3.24. The SMILES string of the molecule is COC(=O)[C@@H](Cn1ccc2ccccc21)NC(=O)OC(C)(C)C. The Bertz CT molecular complexity index is 700. The van der Waals surface area contributed by atoms with E-state index in [9.17, 15) is 9.59 Å². The summed E-state index contributed by atoms with van der Waals surface area (Å²) in [5, 5.41) is 3.63. The number of fused-ring (bicyclic) bond motifs is 1. The Morgan fingerprint density at radius 3 is 2.57 bits per heavy atom. The van der Waals surface area contributed by atoms with E-state index in [0.717, 1.165) is 10.9 Å². The molecule has 6 nitrogen and oxygen atoms in total. The summed E-state index contributed by atoms with van der Waals surface area (Å²) in [6, 6.07) is 8.94. The third-order valence-corrected chi connectivity index (χ3v) is 3.24.